The van der Waals surface area contributed by atoms with Gasteiger partial charge in [0, 0.05) is 11.9 Å². The lowest BCUT2D eigenvalue weighted by atomic mass is 10.1. The minimum Gasteiger partial charge on any atom is -0.327 e. The number of rotatable bonds is 6. The van der Waals surface area contributed by atoms with E-state index in [0.29, 0.717) is 17.4 Å². The Hall–Kier alpha value is -1.95. The van der Waals surface area contributed by atoms with Crippen LogP contribution >= 0.6 is 11.6 Å². The van der Waals surface area contributed by atoms with Gasteiger partial charge in [-0.15, -0.1) is 0 Å². The van der Waals surface area contributed by atoms with Crippen LogP contribution in [0.5, 0.6) is 0 Å². The van der Waals surface area contributed by atoms with E-state index in [0.717, 1.165) is 16.4 Å². The molecule has 1 aromatic carbocycles. The Morgan fingerprint density at radius 1 is 1.24 bits per heavy atom. The van der Waals surface area contributed by atoms with Crippen molar-refractivity contribution in [3.8, 4) is 0 Å². The van der Waals surface area contributed by atoms with Gasteiger partial charge >= 0.3 is 6.18 Å². The van der Waals surface area contributed by atoms with Crippen LogP contribution in [0, 0.1) is 0 Å². The number of aromatic nitrogens is 3. The fourth-order valence-electron chi connectivity index (χ4n) is 3.11. The van der Waals surface area contributed by atoms with E-state index in [4.69, 9.17) is 11.6 Å². The van der Waals surface area contributed by atoms with Gasteiger partial charge in [0.25, 0.3) is 0 Å². The van der Waals surface area contributed by atoms with Gasteiger partial charge in [0.05, 0.1) is 18.3 Å². The van der Waals surface area contributed by atoms with Gasteiger partial charge in [0.15, 0.2) is 5.15 Å². The quantitative estimate of drug-likeness (QED) is 0.585. The van der Waals surface area contributed by atoms with Gasteiger partial charge in [-0.25, -0.2) is 23.1 Å². The lowest BCUT2D eigenvalue weighted by Crippen LogP contribution is -2.22. The maximum Gasteiger partial charge on any atom is 0.406 e. The Morgan fingerprint density at radius 3 is 2.52 bits per heavy atom. The van der Waals surface area contributed by atoms with E-state index in [-0.39, 0.29) is 28.6 Å². The SMILES string of the molecule is CN(C)Cc1ccc2c(c1)c1nc(CNS(C)(=O)=O)nc(Cl)c1n2CC(F)(F)F. The highest BCUT2D eigenvalue weighted by Gasteiger charge is 2.31. The summed E-state index contributed by atoms with van der Waals surface area (Å²) in [5.41, 5.74) is 1.52. The number of fused-ring (bicyclic) bond motifs is 3. The average Bonchev–Trinajstić information content (AvgIpc) is 2.84. The van der Waals surface area contributed by atoms with Gasteiger partial charge in [-0.2, -0.15) is 13.2 Å². The molecule has 0 atom stereocenters. The molecule has 0 amide bonds. The van der Waals surface area contributed by atoms with E-state index in [1.54, 1.807) is 18.2 Å². The highest BCUT2D eigenvalue weighted by molar-refractivity contribution is 7.88. The minimum atomic E-state index is -4.47. The molecule has 7 nitrogen and oxygen atoms in total. The Morgan fingerprint density at radius 2 is 1.93 bits per heavy atom. The molecule has 0 bridgehead atoms. The van der Waals surface area contributed by atoms with Crippen LogP contribution in [0.1, 0.15) is 11.4 Å². The van der Waals surface area contributed by atoms with Crippen molar-refractivity contribution in [2.75, 3.05) is 20.4 Å². The molecular formula is C17H19ClF3N5O2S. The van der Waals surface area contributed by atoms with Gasteiger partial charge in [-0.05, 0) is 31.8 Å². The van der Waals surface area contributed by atoms with Crippen molar-refractivity contribution in [2.24, 2.45) is 0 Å². The summed E-state index contributed by atoms with van der Waals surface area (Å²) in [4.78, 5) is 10.2. The number of nitrogens with one attached hydrogen (secondary N) is 1. The molecule has 12 heteroatoms. The molecule has 3 rings (SSSR count). The highest BCUT2D eigenvalue weighted by atomic mass is 35.5. The normalized spacial score (nSPS) is 13.1. The number of nitrogens with zero attached hydrogens (tertiary/aromatic N) is 4. The molecule has 2 heterocycles. The number of sulfonamides is 1. The molecule has 1 N–H and O–H groups in total. The predicted octanol–water partition coefficient (Wildman–Crippen LogP) is 2.91. The third-order valence-electron chi connectivity index (χ3n) is 4.09. The molecule has 0 aliphatic carbocycles. The number of hydrogen-bond acceptors (Lipinski definition) is 5. The summed E-state index contributed by atoms with van der Waals surface area (Å²) in [6.07, 6.45) is -3.49. The van der Waals surface area contributed by atoms with E-state index < -0.39 is 22.7 Å². The van der Waals surface area contributed by atoms with Gasteiger partial charge < -0.3 is 9.47 Å². The van der Waals surface area contributed by atoms with Gasteiger partial charge in [-0.1, -0.05) is 17.7 Å². The Kier molecular flexibility index (Phi) is 5.78. The maximum absolute atomic E-state index is 13.2. The summed E-state index contributed by atoms with van der Waals surface area (Å²) in [6, 6.07) is 5.12. The summed E-state index contributed by atoms with van der Waals surface area (Å²) >= 11 is 6.22. The molecule has 0 unspecified atom stereocenters. The first-order chi connectivity index (χ1) is 13.3. The van der Waals surface area contributed by atoms with Crippen molar-refractivity contribution in [3.63, 3.8) is 0 Å². The third kappa shape index (κ3) is 5.16. The van der Waals surface area contributed by atoms with Crippen LogP contribution in [0.15, 0.2) is 18.2 Å². The first-order valence-electron chi connectivity index (χ1n) is 8.47. The Bertz CT molecular complexity index is 1180. The average molecular weight is 450 g/mol. The van der Waals surface area contributed by atoms with Crippen LogP contribution in [0.2, 0.25) is 5.15 Å². The summed E-state index contributed by atoms with van der Waals surface area (Å²) in [6.45, 7) is -0.884. The van der Waals surface area contributed by atoms with E-state index >= 15 is 0 Å². The molecule has 0 fully saturated rings. The fourth-order valence-corrected chi connectivity index (χ4v) is 3.79. The van der Waals surface area contributed by atoms with Crippen LogP contribution < -0.4 is 4.72 Å². The van der Waals surface area contributed by atoms with Crippen molar-refractivity contribution >= 4 is 43.6 Å². The smallest absolute Gasteiger partial charge is 0.327 e. The second kappa shape index (κ2) is 7.71. The monoisotopic (exact) mass is 449 g/mol. The molecule has 3 aromatic rings. The zero-order chi connectivity index (χ0) is 21.6. The molecule has 158 valence electrons. The predicted molar refractivity (Wildman–Crippen MR) is 105 cm³/mol. The maximum atomic E-state index is 13.2. The third-order valence-corrected chi connectivity index (χ3v) is 5.03. The molecule has 0 radical (unpaired) electrons. The van der Waals surface area contributed by atoms with Gasteiger partial charge in [0.1, 0.15) is 23.4 Å². The summed E-state index contributed by atoms with van der Waals surface area (Å²) < 4.78 is 65.6. The van der Waals surface area contributed by atoms with E-state index in [1.165, 1.54) is 0 Å². The zero-order valence-electron chi connectivity index (χ0n) is 15.9. The van der Waals surface area contributed by atoms with Crippen LogP contribution in [0.3, 0.4) is 0 Å². The van der Waals surface area contributed by atoms with E-state index in [9.17, 15) is 21.6 Å². The molecular weight excluding hydrogens is 431 g/mol. The summed E-state index contributed by atoms with van der Waals surface area (Å²) in [5.74, 6) is 0.0667. The van der Waals surface area contributed by atoms with Crippen molar-refractivity contribution in [1.29, 1.82) is 0 Å². The molecule has 0 aliphatic heterocycles. The van der Waals surface area contributed by atoms with Crippen molar-refractivity contribution in [2.45, 2.75) is 25.8 Å². The molecule has 0 saturated carbocycles. The zero-order valence-corrected chi connectivity index (χ0v) is 17.5. The van der Waals surface area contributed by atoms with E-state index in [2.05, 4.69) is 14.7 Å². The number of halogens is 4. The lowest BCUT2D eigenvalue weighted by molar-refractivity contribution is -0.139. The van der Waals surface area contributed by atoms with Crippen LogP contribution in [0.25, 0.3) is 21.9 Å². The van der Waals surface area contributed by atoms with Crippen LogP contribution in [-0.2, 0) is 29.7 Å². The Labute approximate surface area is 170 Å². The summed E-state index contributed by atoms with van der Waals surface area (Å²) in [7, 11) is 0.258. The van der Waals surface area contributed by atoms with Crippen LogP contribution in [-0.4, -0.2) is 54.4 Å². The first kappa shape index (κ1) is 21.8. The van der Waals surface area contributed by atoms with Gasteiger partial charge in [-0.3, -0.25) is 0 Å². The second-order valence-corrected chi connectivity index (χ2v) is 9.20. The second-order valence-electron chi connectivity index (χ2n) is 7.01. The van der Waals surface area contributed by atoms with Crippen molar-refractivity contribution in [1.82, 2.24) is 24.2 Å². The molecule has 29 heavy (non-hydrogen) atoms. The lowest BCUT2D eigenvalue weighted by Gasteiger charge is -2.12. The fraction of sp³-hybridized carbons (Fsp3) is 0.412. The van der Waals surface area contributed by atoms with E-state index in [1.807, 2.05) is 19.0 Å². The summed E-state index contributed by atoms with van der Waals surface area (Å²) in [5, 5.41) is 0.323. The minimum absolute atomic E-state index is 0.0594. The molecule has 0 spiro atoms. The molecule has 2 aromatic heterocycles. The van der Waals surface area contributed by atoms with Crippen molar-refractivity contribution < 1.29 is 21.6 Å². The largest absolute Gasteiger partial charge is 0.406 e. The molecule has 0 saturated heterocycles. The van der Waals surface area contributed by atoms with Gasteiger partial charge in [0.2, 0.25) is 10.0 Å². The number of alkyl halides is 3. The number of benzene rings is 1. The van der Waals surface area contributed by atoms with Crippen molar-refractivity contribution in [3.05, 3.63) is 34.7 Å². The topological polar surface area (TPSA) is 80.1 Å². The first-order valence-corrected chi connectivity index (χ1v) is 10.7. The Balaban J connectivity index is 2.25. The number of hydrogen-bond donors (Lipinski definition) is 1. The standard InChI is InChI=1S/C17H19ClF3N5O2S/c1-25(2)8-10-4-5-12-11(6-10)14-15(26(12)9-17(19,20)21)16(18)24-13(23-14)7-22-29(3,27)28/h4-6,22H,7-9H2,1-3H3. The highest BCUT2D eigenvalue weighted by Crippen LogP contribution is 2.34. The van der Waals surface area contributed by atoms with Crippen LogP contribution in [0.4, 0.5) is 13.2 Å². The molecule has 0 aliphatic rings.